The van der Waals surface area contributed by atoms with Gasteiger partial charge in [-0.3, -0.25) is 9.69 Å². The Morgan fingerprint density at radius 3 is 2.60 bits per heavy atom. The summed E-state index contributed by atoms with van der Waals surface area (Å²) in [6.45, 7) is 1.51. The predicted octanol–water partition coefficient (Wildman–Crippen LogP) is 4.90. The number of carbonyl (C=O) groups excluding carboxylic acids is 2. The molecule has 0 saturated heterocycles. The molecule has 0 spiro atoms. The first kappa shape index (κ1) is 17.6. The molecule has 0 fully saturated rings. The normalized spacial score (nSPS) is 10.5. The van der Waals surface area contributed by atoms with Gasteiger partial charge in [-0.25, -0.2) is 9.78 Å². The van der Waals surface area contributed by atoms with E-state index < -0.39 is 5.97 Å². The fourth-order valence-corrected chi connectivity index (χ4v) is 3.91. The maximum absolute atomic E-state index is 12.0. The van der Waals surface area contributed by atoms with Crippen LogP contribution in [0, 0.1) is 0 Å². The van der Waals surface area contributed by atoms with Crippen molar-refractivity contribution in [3.8, 4) is 0 Å². The van der Waals surface area contributed by atoms with Crippen molar-refractivity contribution in [3.05, 3.63) is 62.8 Å². The van der Waals surface area contributed by atoms with E-state index in [-0.39, 0.29) is 12.5 Å². The number of nitrogens with zero attached hydrogens (tertiary/aromatic N) is 2. The Morgan fingerprint density at radius 1 is 1.20 bits per heavy atom. The number of hydrogen-bond donors (Lipinski definition) is 0. The van der Waals surface area contributed by atoms with Crippen LogP contribution in [0.4, 0.5) is 10.8 Å². The molecule has 0 saturated carbocycles. The smallest absolute Gasteiger partial charge is 0.348 e. The molecule has 3 rings (SSSR count). The minimum Gasteiger partial charge on any atom is -0.455 e. The monoisotopic (exact) mass is 392 g/mol. The summed E-state index contributed by atoms with van der Waals surface area (Å²) >= 11 is 8.29. The van der Waals surface area contributed by atoms with Crippen molar-refractivity contribution in [1.29, 1.82) is 0 Å². The van der Waals surface area contributed by atoms with Gasteiger partial charge in [0.1, 0.15) is 11.5 Å². The number of ether oxygens (including phenoxy) is 1. The van der Waals surface area contributed by atoms with Gasteiger partial charge in [0.15, 0.2) is 5.13 Å². The van der Waals surface area contributed by atoms with Gasteiger partial charge in [-0.05, 0) is 24.3 Å². The summed E-state index contributed by atoms with van der Waals surface area (Å²) in [6, 6.07) is 12.5. The van der Waals surface area contributed by atoms with Gasteiger partial charge in [-0.1, -0.05) is 29.8 Å². The van der Waals surface area contributed by atoms with Gasteiger partial charge in [0, 0.05) is 12.3 Å². The van der Waals surface area contributed by atoms with Crippen LogP contribution < -0.4 is 4.90 Å². The van der Waals surface area contributed by atoms with E-state index in [1.807, 2.05) is 30.3 Å². The number of halogens is 1. The first-order chi connectivity index (χ1) is 12.0. The van der Waals surface area contributed by atoms with E-state index >= 15 is 0 Å². The van der Waals surface area contributed by atoms with Crippen LogP contribution in [-0.2, 0) is 16.1 Å². The van der Waals surface area contributed by atoms with Gasteiger partial charge in [0.05, 0.1) is 15.7 Å². The highest BCUT2D eigenvalue weighted by molar-refractivity contribution is 7.17. The summed E-state index contributed by atoms with van der Waals surface area (Å²) < 4.78 is 5.77. The first-order valence-electron chi connectivity index (χ1n) is 7.27. The van der Waals surface area contributed by atoms with E-state index in [0.29, 0.717) is 20.0 Å². The largest absolute Gasteiger partial charge is 0.455 e. The number of thiazole rings is 1. The minimum absolute atomic E-state index is 0.0331. The van der Waals surface area contributed by atoms with E-state index in [0.717, 1.165) is 17.0 Å². The molecule has 1 aromatic carbocycles. The van der Waals surface area contributed by atoms with Crippen LogP contribution in [0.25, 0.3) is 0 Å². The Bertz CT molecular complexity index is 892. The molecule has 2 aromatic heterocycles. The summed E-state index contributed by atoms with van der Waals surface area (Å²) in [4.78, 5) is 30.3. The average molecular weight is 393 g/mol. The lowest BCUT2D eigenvalue weighted by molar-refractivity contribution is -0.115. The van der Waals surface area contributed by atoms with E-state index in [9.17, 15) is 9.59 Å². The van der Waals surface area contributed by atoms with Crippen LogP contribution in [0.1, 0.15) is 22.3 Å². The predicted molar refractivity (Wildman–Crippen MR) is 99.8 cm³/mol. The number of rotatable bonds is 5. The van der Waals surface area contributed by atoms with Crippen molar-refractivity contribution in [3.63, 3.8) is 0 Å². The molecule has 8 heteroatoms. The number of aromatic nitrogens is 1. The van der Waals surface area contributed by atoms with Crippen molar-refractivity contribution < 1.29 is 14.3 Å². The molecular formula is C17H13ClN2O3S2. The molecule has 0 aliphatic heterocycles. The fourth-order valence-electron chi connectivity index (χ4n) is 2.10. The third-order valence-electron chi connectivity index (χ3n) is 3.19. The zero-order valence-corrected chi connectivity index (χ0v) is 15.5. The quantitative estimate of drug-likeness (QED) is 0.579. The number of thiophene rings is 1. The molecule has 0 radical (unpaired) electrons. The van der Waals surface area contributed by atoms with E-state index in [1.165, 1.54) is 23.2 Å². The number of anilines is 2. The molecule has 0 N–H and O–H groups in total. The molecule has 5 nitrogen and oxygen atoms in total. The van der Waals surface area contributed by atoms with Crippen LogP contribution >= 0.6 is 34.3 Å². The number of para-hydroxylation sites is 1. The molecule has 1 amide bonds. The Morgan fingerprint density at radius 2 is 1.96 bits per heavy atom. The molecule has 3 aromatic rings. The minimum atomic E-state index is -0.446. The summed E-state index contributed by atoms with van der Waals surface area (Å²) in [5, 5.41) is 2.30. The lowest BCUT2D eigenvalue weighted by Crippen LogP contribution is -2.22. The maximum atomic E-state index is 12.0. The van der Waals surface area contributed by atoms with Crippen molar-refractivity contribution in [2.75, 3.05) is 4.90 Å². The highest BCUT2D eigenvalue weighted by atomic mass is 35.5. The summed E-state index contributed by atoms with van der Waals surface area (Å²) in [5.74, 6) is -0.588. The standard InChI is InChI=1S/C17H13ClN2O3S2/c1-11(21)20(13-5-3-2-4-6-13)17-19-12(10-24-17)9-23-16(22)14-7-8-15(18)25-14/h2-8,10H,9H2,1H3. The lowest BCUT2D eigenvalue weighted by atomic mass is 10.3. The van der Waals surface area contributed by atoms with Crippen LogP contribution in [0.2, 0.25) is 4.34 Å². The van der Waals surface area contributed by atoms with E-state index in [4.69, 9.17) is 16.3 Å². The highest BCUT2D eigenvalue weighted by Gasteiger charge is 2.18. The number of hydrogen-bond acceptors (Lipinski definition) is 6. The van der Waals surface area contributed by atoms with Crippen molar-refractivity contribution in [2.45, 2.75) is 13.5 Å². The van der Waals surface area contributed by atoms with Crippen molar-refractivity contribution in [2.24, 2.45) is 0 Å². The summed E-state index contributed by atoms with van der Waals surface area (Å²) in [7, 11) is 0. The zero-order valence-electron chi connectivity index (χ0n) is 13.1. The molecule has 25 heavy (non-hydrogen) atoms. The molecule has 128 valence electrons. The van der Waals surface area contributed by atoms with Crippen LogP contribution in [0.15, 0.2) is 47.8 Å². The topological polar surface area (TPSA) is 59.5 Å². The van der Waals surface area contributed by atoms with Gasteiger partial charge in [0.25, 0.3) is 0 Å². The third kappa shape index (κ3) is 4.25. The Kier molecular flexibility index (Phi) is 5.47. The first-order valence-corrected chi connectivity index (χ1v) is 9.34. The Balaban J connectivity index is 1.71. The molecule has 0 aliphatic rings. The second kappa shape index (κ2) is 7.77. The second-order valence-electron chi connectivity index (χ2n) is 4.99. The number of carbonyl (C=O) groups is 2. The van der Waals surface area contributed by atoms with Crippen molar-refractivity contribution >= 4 is 57.0 Å². The zero-order chi connectivity index (χ0) is 17.8. The molecule has 0 atom stereocenters. The Hall–Kier alpha value is -2.22. The van der Waals surface area contributed by atoms with Gasteiger partial charge in [0.2, 0.25) is 5.91 Å². The molecule has 0 unspecified atom stereocenters. The van der Waals surface area contributed by atoms with Crippen LogP contribution in [-0.4, -0.2) is 16.9 Å². The maximum Gasteiger partial charge on any atom is 0.348 e. The van der Waals surface area contributed by atoms with Gasteiger partial charge in [-0.15, -0.1) is 22.7 Å². The Labute approximate surface area is 157 Å². The number of esters is 1. The second-order valence-corrected chi connectivity index (χ2v) is 7.54. The fraction of sp³-hybridized carbons (Fsp3) is 0.118. The summed E-state index contributed by atoms with van der Waals surface area (Å²) in [5.41, 5.74) is 1.32. The number of benzene rings is 1. The van der Waals surface area contributed by atoms with Crippen LogP contribution in [0.5, 0.6) is 0 Å². The van der Waals surface area contributed by atoms with E-state index in [1.54, 1.807) is 17.5 Å². The van der Waals surface area contributed by atoms with Gasteiger partial charge in [-0.2, -0.15) is 0 Å². The summed E-state index contributed by atoms with van der Waals surface area (Å²) in [6.07, 6.45) is 0. The third-order valence-corrected chi connectivity index (χ3v) is 5.27. The van der Waals surface area contributed by atoms with E-state index in [2.05, 4.69) is 4.98 Å². The molecule has 0 bridgehead atoms. The molecule has 2 heterocycles. The van der Waals surface area contributed by atoms with Gasteiger partial charge < -0.3 is 4.74 Å². The highest BCUT2D eigenvalue weighted by Crippen LogP contribution is 2.29. The molecular weight excluding hydrogens is 380 g/mol. The average Bonchev–Trinajstić information content (AvgIpc) is 3.23. The molecule has 0 aliphatic carbocycles. The van der Waals surface area contributed by atoms with Crippen molar-refractivity contribution in [1.82, 2.24) is 4.98 Å². The SMILES string of the molecule is CC(=O)N(c1ccccc1)c1nc(COC(=O)c2ccc(Cl)s2)cs1. The van der Waals surface area contributed by atoms with Gasteiger partial charge >= 0.3 is 5.97 Å². The van der Waals surface area contributed by atoms with Crippen LogP contribution in [0.3, 0.4) is 0 Å². The lowest BCUT2D eigenvalue weighted by Gasteiger charge is -2.17. The number of amides is 1.